The third-order valence-corrected chi connectivity index (χ3v) is 5.53. The summed E-state index contributed by atoms with van der Waals surface area (Å²) in [5, 5.41) is 11.0. The number of nitrogens with zero attached hydrogens (tertiary/aromatic N) is 3. The maximum Gasteiger partial charge on any atom is 0.273 e. The molecule has 1 amide bonds. The largest absolute Gasteiger partial charge is 0.344 e. The van der Waals surface area contributed by atoms with Crippen molar-refractivity contribution in [2.75, 3.05) is 11.5 Å². The van der Waals surface area contributed by atoms with Crippen LogP contribution in [0.3, 0.4) is 0 Å². The van der Waals surface area contributed by atoms with Gasteiger partial charge in [0.15, 0.2) is 15.5 Å². The molecule has 1 aromatic carbocycles. The zero-order valence-electron chi connectivity index (χ0n) is 12.1. The lowest BCUT2D eigenvalue weighted by atomic mass is 10.0. The monoisotopic (exact) mass is 320 g/mol. The van der Waals surface area contributed by atoms with E-state index in [9.17, 15) is 13.2 Å². The van der Waals surface area contributed by atoms with Crippen LogP contribution in [0, 0.1) is 0 Å². The maximum atomic E-state index is 12.2. The number of amides is 1. The number of carbonyl (C=O) groups is 1. The first-order valence-electron chi connectivity index (χ1n) is 6.88. The molecule has 2 heterocycles. The highest BCUT2D eigenvalue weighted by atomic mass is 32.2. The van der Waals surface area contributed by atoms with Crippen LogP contribution in [0.2, 0.25) is 0 Å². The highest BCUT2D eigenvalue weighted by Crippen LogP contribution is 2.23. The van der Waals surface area contributed by atoms with Gasteiger partial charge in [-0.25, -0.2) is 8.42 Å². The summed E-state index contributed by atoms with van der Waals surface area (Å²) >= 11 is 0. The van der Waals surface area contributed by atoms with Crippen LogP contribution in [0.1, 0.15) is 23.8 Å². The van der Waals surface area contributed by atoms with E-state index in [-0.39, 0.29) is 17.2 Å². The molecule has 1 fully saturated rings. The van der Waals surface area contributed by atoms with Crippen molar-refractivity contribution >= 4 is 15.7 Å². The number of sulfone groups is 1. The molecule has 22 heavy (non-hydrogen) atoms. The van der Waals surface area contributed by atoms with Gasteiger partial charge in [-0.2, -0.15) is 9.90 Å². The Balaban J connectivity index is 1.75. The van der Waals surface area contributed by atoms with Gasteiger partial charge < -0.3 is 5.32 Å². The van der Waals surface area contributed by atoms with Crippen LogP contribution < -0.4 is 5.32 Å². The van der Waals surface area contributed by atoms with Gasteiger partial charge in [0.1, 0.15) is 0 Å². The SMILES string of the molecule is CC1(NC(=O)c2cnn(-c3ccccc3)n2)CCS(=O)(=O)C1. The van der Waals surface area contributed by atoms with E-state index < -0.39 is 21.3 Å². The van der Waals surface area contributed by atoms with Gasteiger partial charge in [-0.05, 0) is 25.5 Å². The average molecular weight is 320 g/mol. The second kappa shape index (κ2) is 5.20. The summed E-state index contributed by atoms with van der Waals surface area (Å²) in [5.74, 6) is -0.360. The quantitative estimate of drug-likeness (QED) is 0.892. The second-order valence-electron chi connectivity index (χ2n) is 5.71. The molecule has 2 aromatic rings. The minimum Gasteiger partial charge on any atom is -0.344 e. The van der Waals surface area contributed by atoms with Crippen LogP contribution >= 0.6 is 0 Å². The standard InChI is InChI=1S/C14H16N4O3S/c1-14(7-8-22(20,21)10-14)16-13(19)12-9-15-18(17-12)11-5-3-2-4-6-11/h2-6,9H,7-8,10H2,1H3,(H,16,19). The number of rotatable bonds is 3. The Morgan fingerprint density at radius 2 is 2.05 bits per heavy atom. The predicted octanol–water partition coefficient (Wildman–Crippen LogP) is 0.574. The van der Waals surface area contributed by atoms with Gasteiger partial charge in [0.2, 0.25) is 0 Å². The lowest BCUT2D eigenvalue weighted by Crippen LogP contribution is -2.47. The fourth-order valence-corrected chi connectivity index (χ4v) is 4.59. The minimum absolute atomic E-state index is 0.0431. The van der Waals surface area contributed by atoms with Crippen molar-refractivity contribution in [3.05, 3.63) is 42.2 Å². The third kappa shape index (κ3) is 3.01. The van der Waals surface area contributed by atoms with E-state index in [0.717, 1.165) is 5.69 Å². The minimum atomic E-state index is -3.08. The van der Waals surface area contributed by atoms with Crippen molar-refractivity contribution in [3.63, 3.8) is 0 Å². The van der Waals surface area contributed by atoms with Crippen LogP contribution in [0.15, 0.2) is 36.5 Å². The number of para-hydroxylation sites is 1. The van der Waals surface area contributed by atoms with Crippen LogP contribution in [0.5, 0.6) is 0 Å². The van der Waals surface area contributed by atoms with Gasteiger partial charge in [0, 0.05) is 0 Å². The molecule has 3 rings (SSSR count). The molecule has 8 heteroatoms. The number of aromatic nitrogens is 3. The molecule has 0 saturated carbocycles. The van der Waals surface area contributed by atoms with Gasteiger partial charge in [0.05, 0.1) is 28.9 Å². The molecular weight excluding hydrogens is 304 g/mol. The first-order valence-corrected chi connectivity index (χ1v) is 8.70. The van der Waals surface area contributed by atoms with Gasteiger partial charge in [0.25, 0.3) is 5.91 Å². The molecule has 1 atom stereocenters. The highest BCUT2D eigenvalue weighted by Gasteiger charge is 2.39. The number of hydrogen-bond donors (Lipinski definition) is 1. The normalized spacial score (nSPS) is 23.3. The fraction of sp³-hybridized carbons (Fsp3) is 0.357. The van der Waals surface area contributed by atoms with Crippen molar-refractivity contribution in [1.82, 2.24) is 20.3 Å². The first-order chi connectivity index (χ1) is 10.4. The number of nitrogens with one attached hydrogen (secondary N) is 1. The summed E-state index contributed by atoms with van der Waals surface area (Å²) in [6.07, 6.45) is 1.78. The smallest absolute Gasteiger partial charge is 0.273 e. The van der Waals surface area contributed by atoms with Crippen molar-refractivity contribution in [2.45, 2.75) is 18.9 Å². The third-order valence-electron chi connectivity index (χ3n) is 3.63. The molecular formula is C14H16N4O3S. The van der Waals surface area contributed by atoms with E-state index in [4.69, 9.17) is 0 Å². The van der Waals surface area contributed by atoms with Crippen molar-refractivity contribution in [3.8, 4) is 5.69 Å². The van der Waals surface area contributed by atoms with Crippen LogP contribution in [-0.4, -0.2) is 46.4 Å². The van der Waals surface area contributed by atoms with Crippen molar-refractivity contribution < 1.29 is 13.2 Å². The topological polar surface area (TPSA) is 93.9 Å². The molecule has 0 bridgehead atoms. The summed E-state index contributed by atoms with van der Waals surface area (Å²) in [5.41, 5.74) is 0.164. The molecule has 116 valence electrons. The van der Waals surface area contributed by atoms with E-state index in [1.165, 1.54) is 11.0 Å². The lowest BCUT2D eigenvalue weighted by Gasteiger charge is -2.22. The Morgan fingerprint density at radius 3 is 2.68 bits per heavy atom. The molecule has 1 aliphatic heterocycles. The van der Waals surface area contributed by atoms with Crippen LogP contribution in [0.4, 0.5) is 0 Å². The fourth-order valence-electron chi connectivity index (χ4n) is 2.50. The average Bonchev–Trinajstić information content (AvgIpc) is 3.05. The predicted molar refractivity (Wildman–Crippen MR) is 80.5 cm³/mol. The summed E-state index contributed by atoms with van der Waals surface area (Å²) in [6, 6.07) is 9.23. The number of hydrogen-bond acceptors (Lipinski definition) is 5. The molecule has 1 N–H and O–H groups in total. The molecule has 0 spiro atoms. The van der Waals surface area contributed by atoms with Gasteiger partial charge >= 0.3 is 0 Å². The first kappa shape index (κ1) is 14.7. The summed E-state index contributed by atoms with van der Waals surface area (Å²) < 4.78 is 23.1. The molecule has 1 aromatic heterocycles. The Labute approximate surface area is 128 Å². The summed E-state index contributed by atoms with van der Waals surface area (Å²) in [4.78, 5) is 13.6. The number of carbonyl (C=O) groups excluding carboxylic acids is 1. The van der Waals surface area contributed by atoms with E-state index in [2.05, 4.69) is 15.5 Å². The van der Waals surface area contributed by atoms with E-state index >= 15 is 0 Å². The molecule has 1 aliphatic rings. The molecule has 1 saturated heterocycles. The summed E-state index contributed by atoms with van der Waals surface area (Å²) in [6.45, 7) is 1.73. The van der Waals surface area contributed by atoms with Gasteiger partial charge in [-0.3, -0.25) is 4.79 Å². The molecule has 0 radical (unpaired) electrons. The molecule has 1 unspecified atom stereocenters. The Hall–Kier alpha value is -2.22. The Bertz CT molecular complexity index is 801. The van der Waals surface area contributed by atoms with Gasteiger partial charge in [-0.15, -0.1) is 5.10 Å². The lowest BCUT2D eigenvalue weighted by molar-refractivity contribution is 0.0910. The molecule has 0 aliphatic carbocycles. The zero-order valence-corrected chi connectivity index (χ0v) is 12.9. The highest BCUT2D eigenvalue weighted by molar-refractivity contribution is 7.91. The Kier molecular flexibility index (Phi) is 3.48. The van der Waals surface area contributed by atoms with E-state index in [1.807, 2.05) is 30.3 Å². The number of benzene rings is 1. The van der Waals surface area contributed by atoms with Crippen LogP contribution in [-0.2, 0) is 9.84 Å². The Morgan fingerprint density at radius 1 is 1.32 bits per heavy atom. The summed E-state index contributed by atoms with van der Waals surface area (Å²) in [7, 11) is -3.08. The van der Waals surface area contributed by atoms with E-state index in [1.54, 1.807) is 6.92 Å². The van der Waals surface area contributed by atoms with Crippen molar-refractivity contribution in [2.24, 2.45) is 0 Å². The van der Waals surface area contributed by atoms with E-state index in [0.29, 0.717) is 6.42 Å². The maximum absolute atomic E-state index is 12.2. The second-order valence-corrected chi connectivity index (χ2v) is 7.90. The van der Waals surface area contributed by atoms with Crippen molar-refractivity contribution in [1.29, 1.82) is 0 Å². The van der Waals surface area contributed by atoms with Gasteiger partial charge in [-0.1, -0.05) is 18.2 Å². The van der Waals surface area contributed by atoms with Crippen LogP contribution in [0.25, 0.3) is 5.69 Å². The zero-order chi connectivity index (χ0) is 15.8. The molecule has 7 nitrogen and oxygen atoms in total.